The van der Waals surface area contributed by atoms with Gasteiger partial charge in [0, 0.05) is 5.39 Å². The summed E-state index contributed by atoms with van der Waals surface area (Å²) < 4.78 is 11.2. The fourth-order valence-electron chi connectivity index (χ4n) is 2.08. The number of hydrogen-bond donors (Lipinski definition) is 1. The summed E-state index contributed by atoms with van der Waals surface area (Å²) in [6.07, 6.45) is 0. The fraction of sp³-hybridized carbons (Fsp3) is 0.0625. The molecule has 0 amide bonds. The van der Waals surface area contributed by atoms with E-state index in [1.807, 2.05) is 12.1 Å². The van der Waals surface area contributed by atoms with Gasteiger partial charge in [-0.3, -0.25) is 0 Å². The van der Waals surface area contributed by atoms with E-state index in [0.29, 0.717) is 27.5 Å². The van der Waals surface area contributed by atoms with Crippen molar-refractivity contribution in [3.05, 3.63) is 64.9 Å². The van der Waals surface area contributed by atoms with Crippen LogP contribution in [0.5, 0.6) is 5.75 Å². The highest BCUT2D eigenvalue weighted by atomic mass is 35.5. The predicted octanol–water partition coefficient (Wildman–Crippen LogP) is 4.36. The summed E-state index contributed by atoms with van der Waals surface area (Å²) in [5, 5.41) is 10.2. The number of fused-ring (bicyclic) bond motifs is 1. The van der Waals surface area contributed by atoms with E-state index in [-0.39, 0.29) is 12.2 Å². The molecule has 0 atom stereocenters. The number of furan rings is 1. The Hall–Kier alpha value is -2.46. The second kappa shape index (κ2) is 5.50. The van der Waals surface area contributed by atoms with Crippen LogP contribution >= 0.6 is 11.6 Å². The maximum Gasteiger partial charge on any atom is 0.336 e. The van der Waals surface area contributed by atoms with Gasteiger partial charge in [0.1, 0.15) is 23.7 Å². The molecule has 1 N–H and O–H groups in total. The van der Waals surface area contributed by atoms with Crippen LogP contribution in [0.2, 0.25) is 5.02 Å². The molecule has 2 aromatic carbocycles. The second-order valence-corrected chi connectivity index (χ2v) is 4.86. The van der Waals surface area contributed by atoms with Crippen LogP contribution in [-0.2, 0) is 6.61 Å². The Bertz CT molecular complexity index is 807. The van der Waals surface area contributed by atoms with Gasteiger partial charge in [-0.2, -0.15) is 0 Å². The van der Waals surface area contributed by atoms with Crippen molar-refractivity contribution in [2.75, 3.05) is 0 Å². The van der Waals surface area contributed by atoms with Crippen LogP contribution < -0.4 is 4.74 Å². The number of aromatic carboxylic acids is 1. The lowest BCUT2D eigenvalue weighted by Gasteiger charge is -2.05. The molecule has 5 heteroatoms. The summed E-state index contributed by atoms with van der Waals surface area (Å²) in [5.41, 5.74) is 0.730. The van der Waals surface area contributed by atoms with Gasteiger partial charge in [-0.25, -0.2) is 4.79 Å². The van der Waals surface area contributed by atoms with Crippen molar-refractivity contribution >= 4 is 28.5 Å². The van der Waals surface area contributed by atoms with Crippen molar-refractivity contribution in [3.63, 3.8) is 0 Å². The normalized spacial score (nSPS) is 10.7. The Morgan fingerprint density at radius 1 is 1.19 bits per heavy atom. The van der Waals surface area contributed by atoms with Crippen molar-refractivity contribution in [1.82, 2.24) is 0 Å². The van der Waals surface area contributed by atoms with Gasteiger partial charge >= 0.3 is 5.97 Å². The van der Waals surface area contributed by atoms with Gasteiger partial charge in [0.2, 0.25) is 0 Å². The first-order valence-electron chi connectivity index (χ1n) is 6.27. The first kappa shape index (κ1) is 13.5. The first-order chi connectivity index (χ1) is 10.1. The van der Waals surface area contributed by atoms with Gasteiger partial charge in [-0.1, -0.05) is 29.8 Å². The minimum absolute atomic E-state index is 0.178. The highest BCUT2D eigenvalue weighted by Crippen LogP contribution is 2.27. The molecule has 0 unspecified atom stereocenters. The van der Waals surface area contributed by atoms with E-state index in [2.05, 4.69) is 0 Å². The summed E-state index contributed by atoms with van der Waals surface area (Å²) in [6.45, 7) is 0.178. The van der Waals surface area contributed by atoms with E-state index < -0.39 is 5.97 Å². The zero-order valence-corrected chi connectivity index (χ0v) is 11.6. The van der Waals surface area contributed by atoms with Crippen molar-refractivity contribution in [1.29, 1.82) is 0 Å². The Morgan fingerprint density at radius 3 is 2.76 bits per heavy atom. The summed E-state index contributed by atoms with van der Waals surface area (Å²) in [5.74, 6) is 0.108. The number of carboxylic acid groups (broad SMARTS) is 1. The van der Waals surface area contributed by atoms with Crippen molar-refractivity contribution in [3.8, 4) is 5.75 Å². The van der Waals surface area contributed by atoms with E-state index in [1.165, 1.54) is 0 Å². The molecule has 21 heavy (non-hydrogen) atoms. The standard InChI is InChI=1S/C16H11ClO4/c17-13-5-1-2-6-15(13)20-9-10-8-12-11(16(18)19)4-3-7-14(12)21-10/h1-8H,9H2,(H,18,19). The minimum atomic E-state index is -0.986. The lowest BCUT2D eigenvalue weighted by Crippen LogP contribution is -1.96. The number of ether oxygens (including phenoxy) is 1. The molecule has 0 fully saturated rings. The van der Waals surface area contributed by atoms with E-state index in [0.717, 1.165) is 0 Å². The molecule has 3 rings (SSSR count). The molecule has 4 nitrogen and oxygen atoms in total. The average Bonchev–Trinajstić information content (AvgIpc) is 2.88. The quantitative estimate of drug-likeness (QED) is 0.777. The number of carboxylic acids is 1. The zero-order valence-electron chi connectivity index (χ0n) is 10.9. The molecule has 0 spiro atoms. The van der Waals surface area contributed by atoms with E-state index >= 15 is 0 Å². The molecular weight excluding hydrogens is 292 g/mol. The third kappa shape index (κ3) is 2.71. The topological polar surface area (TPSA) is 59.7 Å². The summed E-state index contributed by atoms with van der Waals surface area (Å²) in [4.78, 5) is 11.2. The van der Waals surface area contributed by atoms with Crippen LogP contribution in [0.1, 0.15) is 16.1 Å². The molecule has 1 aromatic heterocycles. The monoisotopic (exact) mass is 302 g/mol. The van der Waals surface area contributed by atoms with Crippen molar-refractivity contribution in [2.24, 2.45) is 0 Å². The highest BCUT2D eigenvalue weighted by molar-refractivity contribution is 6.32. The molecule has 3 aromatic rings. The van der Waals surface area contributed by atoms with Crippen LogP contribution in [0.3, 0.4) is 0 Å². The number of benzene rings is 2. The smallest absolute Gasteiger partial charge is 0.336 e. The number of para-hydroxylation sites is 1. The fourth-order valence-corrected chi connectivity index (χ4v) is 2.27. The van der Waals surface area contributed by atoms with Gasteiger partial charge in [-0.15, -0.1) is 0 Å². The molecule has 106 valence electrons. The second-order valence-electron chi connectivity index (χ2n) is 4.45. The lowest BCUT2D eigenvalue weighted by atomic mass is 10.1. The Morgan fingerprint density at radius 2 is 2.00 bits per heavy atom. The molecule has 0 aliphatic heterocycles. The maximum absolute atomic E-state index is 11.2. The van der Waals surface area contributed by atoms with Crippen LogP contribution in [0.4, 0.5) is 0 Å². The summed E-state index contributed by atoms with van der Waals surface area (Å²) >= 11 is 6.00. The number of halogens is 1. The average molecular weight is 303 g/mol. The molecule has 0 aliphatic rings. The third-order valence-electron chi connectivity index (χ3n) is 3.05. The van der Waals surface area contributed by atoms with E-state index in [1.54, 1.807) is 36.4 Å². The summed E-state index contributed by atoms with van der Waals surface area (Å²) in [7, 11) is 0. The first-order valence-corrected chi connectivity index (χ1v) is 6.65. The molecule has 0 aliphatic carbocycles. The van der Waals surface area contributed by atoms with Crippen LogP contribution in [0, 0.1) is 0 Å². The lowest BCUT2D eigenvalue weighted by molar-refractivity contribution is 0.0699. The predicted molar refractivity (Wildman–Crippen MR) is 79.0 cm³/mol. The number of hydrogen-bond acceptors (Lipinski definition) is 3. The SMILES string of the molecule is O=C(O)c1cccc2oc(COc3ccccc3Cl)cc12. The Labute approximate surface area is 125 Å². The molecule has 0 radical (unpaired) electrons. The van der Waals surface area contributed by atoms with Crippen molar-refractivity contribution < 1.29 is 19.1 Å². The Kier molecular flexibility index (Phi) is 3.54. The molecule has 1 heterocycles. The van der Waals surface area contributed by atoms with Crippen LogP contribution in [0.15, 0.2) is 52.9 Å². The molecule has 0 saturated carbocycles. The molecular formula is C16H11ClO4. The number of carbonyl (C=O) groups is 1. The minimum Gasteiger partial charge on any atom is -0.484 e. The van der Waals surface area contributed by atoms with Gasteiger partial charge in [0.05, 0.1) is 10.6 Å². The van der Waals surface area contributed by atoms with E-state index in [9.17, 15) is 4.79 Å². The molecule has 0 saturated heterocycles. The van der Waals surface area contributed by atoms with E-state index in [4.69, 9.17) is 25.9 Å². The van der Waals surface area contributed by atoms with Gasteiger partial charge in [0.15, 0.2) is 0 Å². The number of rotatable bonds is 4. The molecule has 0 bridgehead atoms. The van der Waals surface area contributed by atoms with Crippen LogP contribution in [0.25, 0.3) is 11.0 Å². The third-order valence-corrected chi connectivity index (χ3v) is 3.36. The highest BCUT2D eigenvalue weighted by Gasteiger charge is 2.13. The zero-order chi connectivity index (χ0) is 14.8. The van der Waals surface area contributed by atoms with Gasteiger partial charge in [-0.05, 0) is 30.3 Å². The van der Waals surface area contributed by atoms with Crippen molar-refractivity contribution in [2.45, 2.75) is 6.61 Å². The largest absolute Gasteiger partial charge is 0.484 e. The summed E-state index contributed by atoms with van der Waals surface area (Å²) in [6, 6.07) is 13.7. The van der Waals surface area contributed by atoms with Crippen LogP contribution in [-0.4, -0.2) is 11.1 Å². The van der Waals surface area contributed by atoms with Gasteiger partial charge in [0.25, 0.3) is 0 Å². The van der Waals surface area contributed by atoms with Gasteiger partial charge < -0.3 is 14.3 Å². The maximum atomic E-state index is 11.2. The Balaban J connectivity index is 1.87.